The Bertz CT molecular complexity index is 1000. The monoisotopic (exact) mass is 381 g/mol. The van der Waals surface area contributed by atoms with Crippen molar-refractivity contribution in [3.05, 3.63) is 77.4 Å². The highest BCUT2D eigenvalue weighted by Gasteiger charge is 2.49. The van der Waals surface area contributed by atoms with Crippen LogP contribution in [-0.2, 0) is 25.2 Å². The maximum absolute atomic E-state index is 13.5. The number of benzene rings is 2. The fourth-order valence-electron chi connectivity index (χ4n) is 2.50. The number of nitrogens with one attached hydrogen (secondary N) is 1. The number of Topliss-reactive ketones (excluding diaryl/α,β-unsaturated/α-hetero) is 1. The van der Waals surface area contributed by atoms with Gasteiger partial charge in [-0.1, -0.05) is 18.2 Å². The zero-order valence-electron chi connectivity index (χ0n) is 13.4. The van der Waals surface area contributed by atoms with Gasteiger partial charge in [0.2, 0.25) is 11.6 Å². The quantitative estimate of drug-likeness (QED) is 0.849. The summed E-state index contributed by atoms with van der Waals surface area (Å²) in [5, 5.41) is 9.99. The van der Waals surface area contributed by atoms with Crippen molar-refractivity contribution in [3.8, 4) is 0 Å². The number of aliphatic hydroxyl groups is 1. The lowest BCUT2D eigenvalue weighted by Gasteiger charge is -2.23. The Kier molecular flexibility index (Phi) is 4.19. The summed E-state index contributed by atoms with van der Waals surface area (Å²) in [6.45, 7) is 1.17. The van der Waals surface area contributed by atoms with E-state index in [9.17, 15) is 27.1 Å². The molecule has 0 saturated carbocycles. The number of halogens is 2. The van der Waals surface area contributed by atoms with Crippen molar-refractivity contribution in [2.45, 2.75) is 17.4 Å². The van der Waals surface area contributed by atoms with Crippen LogP contribution in [0.15, 0.2) is 65.1 Å². The molecule has 6 nitrogen and oxygen atoms in total. The van der Waals surface area contributed by atoms with Crippen molar-refractivity contribution in [2.24, 2.45) is 0 Å². The zero-order valence-corrected chi connectivity index (χ0v) is 14.2. The van der Waals surface area contributed by atoms with E-state index in [0.717, 1.165) is 12.1 Å². The molecule has 1 unspecified atom stereocenters. The first-order chi connectivity index (χ1) is 12.1. The van der Waals surface area contributed by atoms with Crippen LogP contribution in [0.1, 0.15) is 12.5 Å². The van der Waals surface area contributed by atoms with Gasteiger partial charge in [-0.05, 0) is 31.2 Å². The van der Waals surface area contributed by atoms with Crippen molar-refractivity contribution < 1.29 is 31.8 Å². The number of carbonyl (C=O) groups is 1. The van der Waals surface area contributed by atoms with Crippen LogP contribution in [0.4, 0.5) is 8.78 Å². The maximum atomic E-state index is 13.5. The Morgan fingerprint density at radius 3 is 2.23 bits per heavy atom. The lowest BCUT2D eigenvalue weighted by molar-refractivity contribution is -0.131. The third-order valence-electron chi connectivity index (χ3n) is 3.86. The second kappa shape index (κ2) is 6.10. The van der Waals surface area contributed by atoms with E-state index in [4.69, 9.17) is 4.74 Å². The molecular formula is C17H13F2NO5S. The molecule has 0 aliphatic carbocycles. The second-order valence-corrected chi connectivity index (χ2v) is 7.40. The topological polar surface area (TPSA) is 92.7 Å². The maximum Gasteiger partial charge on any atom is 0.264 e. The smallest absolute Gasteiger partial charge is 0.264 e. The normalized spacial score (nSPS) is 20.2. The summed E-state index contributed by atoms with van der Waals surface area (Å²) in [6, 6.07) is 9.53. The molecule has 26 heavy (non-hydrogen) atoms. The Morgan fingerprint density at radius 2 is 1.65 bits per heavy atom. The van der Waals surface area contributed by atoms with Crippen molar-refractivity contribution in [2.75, 3.05) is 0 Å². The highest BCUT2D eigenvalue weighted by Crippen LogP contribution is 2.38. The summed E-state index contributed by atoms with van der Waals surface area (Å²) in [7, 11) is -4.14. The zero-order chi connectivity index (χ0) is 19.1. The average Bonchev–Trinajstić information content (AvgIpc) is 2.79. The van der Waals surface area contributed by atoms with Gasteiger partial charge < -0.3 is 9.84 Å². The number of sulfonamides is 1. The lowest BCUT2D eigenvalue weighted by Crippen LogP contribution is -2.32. The van der Waals surface area contributed by atoms with E-state index in [1.54, 1.807) is 6.07 Å². The van der Waals surface area contributed by atoms with Crippen LogP contribution in [0.5, 0.6) is 0 Å². The minimum absolute atomic E-state index is 0.123. The van der Waals surface area contributed by atoms with Gasteiger partial charge in [-0.3, -0.25) is 4.79 Å². The number of rotatable bonds is 4. The minimum Gasteiger partial charge on any atom is -0.501 e. The minimum atomic E-state index is -4.14. The molecule has 0 aromatic heterocycles. The summed E-state index contributed by atoms with van der Waals surface area (Å²) < 4.78 is 58.9. The van der Waals surface area contributed by atoms with E-state index in [1.807, 2.05) is 4.72 Å². The molecule has 2 aromatic carbocycles. The van der Waals surface area contributed by atoms with Gasteiger partial charge in [0.15, 0.2) is 5.60 Å². The Balaban J connectivity index is 1.95. The van der Waals surface area contributed by atoms with Gasteiger partial charge in [0.1, 0.15) is 11.6 Å². The molecule has 0 spiro atoms. The molecular weight excluding hydrogens is 368 g/mol. The summed E-state index contributed by atoms with van der Waals surface area (Å²) in [5.74, 6) is -4.64. The second-order valence-electron chi connectivity index (χ2n) is 5.72. The van der Waals surface area contributed by atoms with Crippen molar-refractivity contribution in [1.82, 2.24) is 4.72 Å². The molecule has 1 aliphatic heterocycles. The van der Waals surface area contributed by atoms with Gasteiger partial charge in [0, 0.05) is 11.6 Å². The summed E-state index contributed by atoms with van der Waals surface area (Å²) in [5.41, 5.74) is -2.19. The molecule has 9 heteroatoms. The van der Waals surface area contributed by atoms with E-state index in [1.165, 1.54) is 31.2 Å². The van der Waals surface area contributed by atoms with Crippen LogP contribution in [-0.4, -0.2) is 19.3 Å². The van der Waals surface area contributed by atoms with Crippen LogP contribution in [0.25, 0.3) is 0 Å². The average molecular weight is 381 g/mol. The van der Waals surface area contributed by atoms with E-state index < -0.39 is 44.7 Å². The van der Waals surface area contributed by atoms with Crippen LogP contribution in [0.3, 0.4) is 0 Å². The Hall–Kier alpha value is -2.94. The molecule has 1 heterocycles. The molecule has 1 atom stereocenters. The largest absolute Gasteiger partial charge is 0.501 e. The molecule has 0 amide bonds. The Labute approximate surface area is 147 Å². The fourth-order valence-corrected chi connectivity index (χ4v) is 3.51. The van der Waals surface area contributed by atoms with Crippen molar-refractivity contribution >= 4 is 15.8 Å². The molecule has 3 rings (SSSR count). The number of ketones is 1. The summed E-state index contributed by atoms with van der Waals surface area (Å²) >= 11 is 0. The summed E-state index contributed by atoms with van der Waals surface area (Å²) in [6.07, 6.45) is 0. The molecule has 0 fully saturated rings. The van der Waals surface area contributed by atoms with Gasteiger partial charge >= 0.3 is 0 Å². The van der Waals surface area contributed by atoms with Crippen LogP contribution < -0.4 is 4.72 Å². The third-order valence-corrected chi connectivity index (χ3v) is 5.21. The van der Waals surface area contributed by atoms with E-state index >= 15 is 0 Å². The lowest BCUT2D eigenvalue weighted by atomic mass is 9.91. The molecule has 1 aliphatic rings. The first kappa shape index (κ1) is 17.9. The number of carbonyl (C=O) groups excluding carboxylic acids is 1. The summed E-state index contributed by atoms with van der Waals surface area (Å²) in [4.78, 5) is 12.2. The fraction of sp³-hybridized carbons (Fsp3) is 0.118. The van der Waals surface area contributed by atoms with Gasteiger partial charge in [-0.25, -0.2) is 21.9 Å². The van der Waals surface area contributed by atoms with Crippen molar-refractivity contribution in [3.63, 3.8) is 0 Å². The molecule has 2 aromatic rings. The molecule has 2 N–H and O–H groups in total. The van der Waals surface area contributed by atoms with Crippen molar-refractivity contribution in [1.29, 1.82) is 0 Å². The standard InChI is InChI=1S/C17H13F2NO5S/c1-17(10-7-11(18)9-12(19)8-10)15(22)14(21)16(25-17)20-26(23,24)13-5-3-2-4-6-13/h2-9,20-21H,1H3. The first-order valence-corrected chi connectivity index (χ1v) is 8.83. The van der Waals surface area contributed by atoms with E-state index in [2.05, 4.69) is 0 Å². The number of hydrogen-bond acceptors (Lipinski definition) is 5. The third kappa shape index (κ3) is 3.01. The van der Waals surface area contributed by atoms with Gasteiger partial charge in [-0.2, -0.15) is 0 Å². The number of aliphatic hydroxyl groups excluding tert-OH is 1. The van der Waals surface area contributed by atoms with E-state index in [-0.39, 0.29) is 10.5 Å². The van der Waals surface area contributed by atoms with Gasteiger partial charge in [-0.15, -0.1) is 0 Å². The van der Waals surface area contributed by atoms with E-state index in [0.29, 0.717) is 6.07 Å². The predicted molar refractivity (Wildman–Crippen MR) is 86.2 cm³/mol. The van der Waals surface area contributed by atoms with Crippen LogP contribution in [0, 0.1) is 11.6 Å². The highest BCUT2D eigenvalue weighted by atomic mass is 32.2. The first-order valence-electron chi connectivity index (χ1n) is 7.35. The molecule has 0 bridgehead atoms. The van der Waals surface area contributed by atoms with Crippen LogP contribution >= 0.6 is 0 Å². The number of hydrogen-bond donors (Lipinski definition) is 2. The number of ether oxygens (including phenoxy) is 1. The molecule has 136 valence electrons. The molecule has 0 saturated heterocycles. The predicted octanol–water partition coefficient (Wildman–Crippen LogP) is 2.48. The van der Waals surface area contributed by atoms with Gasteiger partial charge in [0.05, 0.1) is 4.90 Å². The Morgan fingerprint density at radius 1 is 1.08 bits per heavy atom. The highest BCUT2D eigenvalue weighted by molar-refractivity contribution is 7.89. The van der Waals surface area contributed by atoms with Gasteiger partial charge in [0.25, 0.3) is 15.8 Å². The molecule has 0 radical (unpaired) electrons. The van der Waals surface area contributed by atoms with Crippen LogP contribution in [0.2, 0.25) is 0 Å². The SMILES string of the molecule is CC1(c2cc(F)cc(F)c2)OC(NS(=O)(=O)c2ccccc2)=C(O)C1=O.